The first kappa shape index (κ1) is 26.4. The molecule has 3 atom stereocenters. The topological polar surface area (TPSA) is 59.4 Å². The minimum atomic E-state index is -0.539. The van der Waals surface area contributed by atoms with E-state index >= 15 is 0 Å². The minimum Gasteiger partial charge on any atom is -0.320 e. The van der Waals surface area contributed by atoms with Gasteiger partial charge in [-0.15, -0.1) is 0 Å². The standard InChI is InChI=1S/C28H33ClF2N4O/c1-19(2)34(11-10-30)12-13-35(27(36)33-23-6-7-26(31)25(29)16-23)24-8-9-28(17-22(28)15-24)21-5-3-4-20(14-21)18-32/h3-7,14,16,19,22,24H,8-13,15,17H2,1-2H3,(H,33,36)/t22?,24?,28-/m1/s1. The third-order valence-electron chi connectivity index (χ3n) is 7.88. The van der Waals surface area contributed by atoms with Crippen molar-refractivity contribution in [3.63, 3.8) is 0 Å². The number of nitriles is 1. The number of fused-ring (bicyclic) bond motifs is 1. The van der Waals surface area contributed by atoms with Gasteiger partial charge in [0.25, 0.3) is 0 Å². The summed E-state index contributed by atoms with van der Waals surface area (Å²) in [4.78, 5) is 17.3. The van der Waals surface area contributed by atoms with Gasteiger partial charge in [0, 0.05) is 37.4 Å². The van der Waals surface area contributed by atoms with Gasteiger partial charge in [-0.1, -0.05) is 23.7 Å². The molecule has 0 spiro atoms. The summed E-state index contributed by atoms with van der Waals surface area (Å²) in [5.41, 5.74) is 2.42. The van der Waals surface area contributed by atoms with Crippen LogP contribution in [0.25, 0.3) is 0 Å². The minimum absolute atomic E-state index is 0.0417. The van der Waals surface area contributed by atoms with Gasteiger partial charge in [0.05, 0.1) is 16.7 Å². The molecule has 8 heteroatoms. The van der Waals surface area contributed by atoms with E-state index < -0.39 is 12.5 Å². The van der Waals surface area contributed by atoms with E-state index in [4.69, 9.17) is 11.6 Å². The number of nitrogens with one attached hydrogen (secondary N) is 1. The average Bonchev–Trinajstić information content (AvgIpc) is 3.61. The van der Waals surface area contributed by atoms with Gasteiger partial charge in [-0.2, -0.15) is 5.26 Å². The highest BCUT2D eigenvalue weighted by Crippen LogP contribution is 2.62. The van der Waals surface area contributed by atoms with Crippen LogP contribution in [0, 0.1) is 23.1 Å². The number of carbonyl (C=O) groups is 1. The van der Waals surface area contributed by atoms with E-state index in [-0.39, 0.29) is 28.6 Å². The summed E-state index contributed by atoms with van der Waals surface area (Å²) >= 11 is 5.92. The summed E-state index contributed by atoms with van der Waals surface area (Å²) < 4.78 is 26.7. The second kappa shape index (κ2) is 11.1. The molecule has 4 rings (SSSR count). The number of halogens is 3. The second-order valence-corrected chi connectivity index (χ2v) is 10.7. The molecule has 2 saturated carbocycles. The Morgan fingerprint density at radius 3 is 2.72 bits per heavy atom. The first-order valence-corrected chi connectivity index (χ1v) is 13.0. The normalized spacial score (nSPS) is 22.7. The molecule has 2 amide bonds. The third kappa shape index (κ3) is 5.66. The molecule has 2 fully saturated rings. The molecular weight excluding hydrogens is 482 g/mol. The fourth-order valence-electron chi connectivity index (χ4n) is 5.74. The molecule has 2 aliphatic carbocycles. The fourth-order valence-corrected chi connectivity index (χ4v) is 5.92. The quantitative estimate of drug-likeness (QED) is 0.422. The van der Waals surface area contributed by atoms with Crippen LogP contribution >= 0.6 is 11.6 Å². The highest BCUT2D eigenvalue weighted by Gasteiger charge is 2.58. The number of rotatable bonds is 9. The molecule has 192 valence electrons. The monoisotopic (exact) mass is 514 g/mol. The summed E-state index contributed by atoms with van der Waals surface area (Å²) in [6.07, 6.45) is 3.72. The molecule has 0 bridgehead atoms. The van der Waals surface area contributed by atoms with Crippen LogP contribution in [0.15, 0.2) is 42.5 Å². The van der Waals surface area contributed by atoms with Crippen LogP contribution in [-0.4, -0.2) is 54.2 Å². The van der Waals surface area contributed by atoms with Crippen LogP contribution in [0.5, 0.6) is 0 Å². The zero-order valence-electron chi connectivity index (χ0n) is 20.8. The number of urea groups is 1. The molecule has 0 radical (unpaired) electrons. The maximum atomic E-state index is 13.6. The van der Waals surface area contributed by atoms with Gasteiger partial charge in [-0.25, -0.2) is 13.6 Å². The summed E-state index contributed by atoms with van der Waals surface area (Å²) in [5.74, 6) is -0.0871. The number of nitrogens with zero attached hydrogens (tertiary/aromatic N) is 3. The molecule has 2 aromatic carbocycles. The maximum absolute atomic E-state index is 13.6. The van der Waals surface area contributed by atoms with Gasteiger partial charge in [0.15, 0.2) is 0 Å². The van der Waals surface area contributed by atoms with E-state index in [1.54, 1.807) is 0 Å². The second-order valence-electron chi connectivity index (χ2n) is 10.2. The Balaban J connectivity index is 1.50. The van der Waals surface area contributed by atoms with Crippen LogP contribution in [0.4, 0.5) is 19.3 Å². The zero-order valence-corrected chi connectivity index (χ0v) is 21.6. The summed E-state index contributed by atoms with van der Waals surface area (Å²) in [6, 6.07) is 14.2. The Labute approximate surface area is 217 Å². The molecule has 2 aromatic rings. The number of hydrogen-bond acceptors (Lipinski definition) is 3. The van der Waals surface area contributed by atoms with Crippen molar-refractivity contribution in [1.82, 2.24) is 9.80 Å². The predicted molar refractivity (Wildman–Crippen MR) is 138 cm³/mol. The molecule has 0 saturated heterocycles. The molecule has 2 unspecified atom stereocenters. The number of alkyl halides is 1. The molecule has 5 nitrogen and oxygen atoms in total. The van der Waals surface area contributed by atoms with E-state index in [9.17, 15) is 18.8 Å². The van der Waals surface area contributed by atoms with Crippen LogP contribution in [-0.2, 0) is 5.41 Å². The van der Waals surface area contributed by atoms with E-state index in [2.05, 4.69) is 17.5 Å². The lowest BCUT2D eigenvalue weighted by atomic mass is 9.80. The number of carbonyl (C=O) groups excluding carboxylic acids is 1. The maximum Gasteiger partial charge on any atom is 0.322 e. The van der Waals surface area contributed by atoms with Crippen molar-refractivity contribution in [2.75, 3.05) is 31.6 Å². The number of amides is 2. The number of benzene rings is 2. The first-order chi connectivity index (χ1) is 17.3. The molecule has 36 heavy (non-hydrogen) atoms. The van der Waals surface area contributed by atoms with Crippen molar-refractivity contribution in [2.45, 2.75) is 57.0 Å². The van der Waals surface area contributed by atoms with E-state index in [1.807, 2.05) is 41.8 Å². The van der Waals surface area contributed by atoms with Gasteiger partial charge in [-0.3, -0.25) is 4.90 Å². The highest BCUT2D eigenvalue weighted by molar-refractivity contribution is 6.31. The number of anilines is 1. The van der Waals surface area contributed by atoms with Gasteiger partial charge < -0.3 is 10.2 Å². The molecule has 0 heterocycles. The Kier molecular flexibility index (Phi) is 8.17. The van der Waals surface area contributed by atoms with Crippen molar-refractivity contribution in [3.8, 4) is 6.07 Å². The lowest BCUT2D eigenvalue weighted by Gasteiger charge is -2.38. The lowest BCUT2D eigenvalue weighted by molar-refractivity contribution is 0.132. The Morgan fingerprint density at radius 2 is 2.06 bits per heavy atom. The van der Waals surface area contributed by atoms with Gasteiger partial charge in [0.2, 0.25) is 0 Å². The molecule has 0 aliphatic heterocycles. The highest BCUT2D eigenvalue weighted by atomic mass is 35.5. The van der Waals surface area contributed by atoms with E-state index in [1.165, 1.54) is 23.8 Å². The number of hydrogen-bond donors (Lipinski definition) is 1. The fraction of sp³-hybridized carbons (Fsp3) is 0.500. The van der Waals surface area contributed by atoms with Gasteiger partial charge in [-0.05, 0) is 86.8 Å². The summed E-state index contributed by atoms with van der Waals surface area (Å²) in [5, 5.41) is 12.1. The average molecular weight is 515 g/mol. The first-order valence-electron chi connectivity index (χ1n) is 12.6. The SMILES string of the molecule is CC(C)N(CCF)CCN(C(=O)Nc1ccc(F)c(Cl)c1)C1CC[C@]2(c3cccc(C#N)c3)CC2C1. The lowest BCUT2D eigenvalue weighted by Crippen LogP contribution is -2.49. The van der Waals surface area contributed by atoms with Crippen LogP contribution in [0.1, 0.15) is 50.7 Å². The summed E-state index contributed by atoms with van der Waals surface area (Å²) in [7, 11) is 0. The molecule has 1 N–H and O–H groups in total. The van der Waals surface area contributed by atoms with Crippen molar-refractivity contribution >= 4 is 23.3 Å². The molecule has 0 aromatic heterocycles. The van der Waals surface area contributed by atoms with Crippen molar-refractivity contribution in [3.05, 3.63) is 64.4 Å². The molecular formula is C28H33ClF2N4O. The molecule has 2 aliphatic rings. The Morgan fingerprint density at radius 1 is 1.25 bits per heavy atom. The van der Waals surface area contributed by atoms with Crippen LogP contribution < -0.4 is 5.32 Å². The Bertz CT molecular complexity index is 1140. The smallest absolute Gasteiger partial charge is 0.320 e. The largest absolute Gasteiger partial charge is 0.322 e. The summed E-state index contributed by atoms with van der Waals surface area (Å²) in [6.45, 7) is 4.97. The van der Waals surface area contributed by atoms with Crippen molar-refractivity contribution < 1.29 is 13.6 Å². The van der Waals surface area contributed by atoms with E-state index in [0.717, 1.165) is 25.7 Å². The van der Waals surface area contributed by atoms with Crippen LogP contribution in [0.2, 0.25) is 5.02 Å². The third-order valence-corrected chi connectivity index (χ3v) is 8.17. The van der Waals surface area contributed by atoms with Gasteiger partial charge >= 0.3 is 6.03 Å². The van der Waals surface area contributed by atoms with E-state index in [0.29, 0.717) is 36.8 Å². The van der Waals surface area contributed by atoms with Gasteiger partial charge in [0.1, 0.15) is 12.5 Å². The van der Waals surface area contributed by atoms with Crippen molar-refractivity contribution in [2.24, 2.45) is 5.92 Å². The zero-order chi connectivity index (χ0) is 25.9. The van der Waals surface area contributed by atoms with Crippen LogP contribution in [0.3, 0.4) is 0 Å². The van der Waals surface area contributed by atoms with Crippen molar-refractivity contribution in [1.29, 1.82) is 5.26 Å². The predicted octanol–water partition coefficient (Wildman–Crippen LogP) is 6.37. The Hall–Kier alpha value is -2.69.